The first-order valence-corrected chi connectivity index (χ1v) is 54.7. The molecule has 20 rings (SSSR count). The van der Waals surface area contributed by atoms with Crippen molar-refractivity contribution in [3.8, 4) is 0 Å². The van der Waals surface area contributed by atoms with Crippen LogP contribution in [0.4, 0.5) is 0 Å². The molecular weight excluding hydrogens is 1740 g/mol. The maximum absolute atomic E-state index is 12.0. The molecule has 16 aromatic rings. The van der Waals surface area contributed by atoms with E-state index in [1.54, 1.807) is 6.20 Å². The Bertz CT molecular complexity index is 6400. The summed E-state index contributed by atoms with van der Waals surface area (Å²) in [5.74, 6) is 7.66. The fourth-order valence-corrected chi connectivity index (χ4v) is 38.7. The minimum Gasteiger partial charge on any atom is -0.388 e. The molecule has 0 bridgehead atoms. The van der Waals surface area contributed by atoms with Gasteiger partial charge in [0, 0.05) is 161 Å². The van der Waals surface area contributed by atoms with Gasteiger partial charge in [0.05, 0.1) is 45.3 Å². The highest BCUT2D eigenvalue weighted by Crippen LogP contribution is 2.51. The number of aromatic nitrogens is 12. The molecule has 10 aromatic heterocycles. The zero-order chi connectivity index (χ0) is 94.2. The highest BCUT2D eigenvalue weighted by Gasteiger charge is 2.49. The lowest BCUT2D eigenvalue weighted by atomic mass is 9.93. The SMILES string of the molecule is CC(C)[Si](C(C)C)(C(C)C)n1ccc2c(C(=NN)C3CC[C@@H](N(Cc4ccccc4)Cc4ccccc4)C3)c(Cl)cnc21.CC(C)[Si](C(C)C)(C(C)C)n1ccc2c(C(O)C3CC[C@@H](N(Cc4ccccc4)Cc4ccccc4)C3)c(Cl)cnc21.N[C@@H]1CCC(c2[nH][nH]c3cnc4nccc4c23)C1.c1ccc(CN(Cc2ccccc2)[C@@H]2CCC(c3[nH][nH]c4cnc5nccc5c34)C2)cc1. The zero-order valence-corrected chi connectivity index (χ0v) is 84.4. The van der Waals surface area contributed by atoms with E-state index in [0.29, 0.717) is 79.3 Å². The number of nitrogens with zero attached hydrogens (tertiary/aromatic N) is 12. The lowest BCUT2D eigenvalue weighted by molar-refractivity contribution is 0.102. The Morgan fingerprint density at radius 3 is 1.16 bits per heavy atom. The van der Waals surface area contributed by atoms with Gasteiger partial charge < -0.3 is 35.3 Å². The number of hydrazone groups is 1. The average molecular weight is 1880 g/mol. The quantitative estimate of drug-likeness (QED) is 0.0100. The van der Waals surface area contributed by atoms with Gasteiger partial charge in [-0.25, -0.2) is 29.9 Å². The third-order valence-electron chi connectivity index (χ3n) is 31.0. The van der Waals surface area contributed by atoms with Crippen molar-refractivity contribution in [3.63, 3.8) is 0 Å². The Balaban J connectivity index is 0.000000130. The lowest BCUT2D eigenvalue weighted by Crippen LogP contribution is -2.51. The largest absolute Gasteiger partial charge is 0.388 e. The van der Waals surface area contributed by atoms with Crippen LogP contribution in [0.2, 0.25) is 43.3 Å². The van der Waals surface area contributed by atoms with Crippen LogP contribution in [-0.2, 0) is 39.3 Å². The van der Waals surface area contributed by atoms with E-state index in [0.717, 1.165) is 175 Å². The van der Waals surface area contributed by atoms with Crippen LogP contribution < -0.4 is 11.6 Å². The molecule has 23 heteroatoms. The van der Waals surface area contributed by atoms with Crippen LogP contribution in [-0.4, -0.2) is 125 Å². The first kappa shape index (κ1) is 96.0. The van der Waals surface area contributed by atoms with E-state index in [9.17, 15) is 5.11 Å². The predicted octanol–water partition coefficient (Wildman–Crippen LogP) is 26.7. The number of aromatic amines is 4. The molecule has 10 heterocycles. The summed E-state index contributed by atoms with van der Waals surface area (Å²) in [7, 11) is -4.00. The van der Waals surface area contributed by atoms with Gasteiger partial charge in [0.2, 0.25) is 0 Å². The minimum atomic E-state index is -2.00. The second-order valence-corrected chi connectivity index (χ2v) is 53.0. The van der Waals surface area contributed by atoms with E-state index < -0.39 is 22.6 Å². The summed E-state index contributed by atoms with van der Waals surface area (Å²) in [6.45, 7) is 34.1. The van der Waals surface area contributed by atoms with Gasteiger partial charge in [0.15, 0.2) is 27.8 Å². The molecule has 6 aromatic carbocycles. The summed E-state index contributed by atoms with van der Waals surface area (Å²) in [5, 5.41) is 37.9. The van der Waals surface area contributed by atoms with Gasteiger partial charge in [-0.2, -0.15) is 5.10 Å². The summed E-state index contributed by atoms with van der Waals surface area (Å²) in [5.41, 5.74) is 28.5. The summed E-state index contributed by atoms with van der Waals surface area (Å²) < 4.78 is 5.07. The molecule has 4 saturated carbocycles. The van der Waals surface area contributed by atoms with E-state index >= 15 is 0 Å². The summed E-state index contributed by atoms with van der Waals surface area (Å²) in [6, 6.07) is 75.0. The summed E-state index contributed by atoms with van der Waals surface area (Å²) in [4.78, 5) is 35.3. The predicted molar refractivity (Wildman–Crippen MR) is 563 cm³/mol. The van der Waals surface area contributed by atoms with E-state index in [-0.39, 0.29) is 11.8 Å². The first-order valence-electron chi connectivity index (χ1n) is 49.6. The number of halogens is 2. The number of nitrogens with one attached hydrogen (secondary N) is 4. The van der Waals surface area contributed by atoms with Crippen molar-refractivity contribution in [2.45, 2.75) is 275 Å². The molecule has 19 nitrogen and oxygen atoms in total. The molecular formula is C112H138Cl2N18OSi2. The number of rotatable bonds is 29. The number of nitrogens with two attached hydrogens (primary N) is 2. The molecule has 0 radical (unpaired) electrons. The Kier molecular flexibility index (Phi) is 30.5. The number of aliphatic hydroxyl groups is 1. The first-order chi connectivity index (χ1) is 65.5. The third kappa shape index (κ3) is 20.3. The van der Waals surface area contributed by atoms with Crippen LogP contribution in [0.3, 0.4) is 0 Å². The fraction of sp³-hybridized carbons (Fsp3) is 0.402. The highest BCUT2D eigenvalue weighted by atomic mass is 35.5. The topological polar surface area (TPSA) is 245 Å². The Morgan fingerprint density at radius 1 is 0.400 bits per heavy atom. The van der Waals surface area contributed by atoms with Crippen LogP contribution >= 0.6 is 23.2 Å². The molecule has 0 spiro atoms. The van der Waals surface area contributed by atoms with Gasteiger partial charge in [-0.15, -0.1) is 0 Å². The maximum Gasteiger partial charge on any atom is 0.171 e. The number of pyridine rings is 4. The van der Waals surface area contributed by atoms with Crippen molar-refractivity contribution >= 4 is 111 Å². The summed E-state index contributed by atoms with van der Waals surface area (Å²) in [6.07, 6.45) is 27.9. The van der Waals surface area contributed by atoms with Crippen molar-refractivity contribution in [1.29, 1.82) is 0 Å². The van der Waals surface area contributed by atoms with Gasteiger partial charge in [-0.05, 0) is 186 Å². The normalized spacial score (nSPS) is 19.3. The molecule has 9 N–H and O–H groups in total. The summed E-state index contributed by atoms with van der Waals surface area (Å²) >= 11 is 13.8. The third-order valence-corrected chi connectivity index (χ3v) is 45.1. The van der Waals surface area contributed by atoms with Gasteiger partial charge in [0.1, 0.15) is 11.3 Å². The molecule has 9 atom stereocenters. The van der Waals surface area contributed by atoms with E-state index in [1.165, 1.54) is 68.4 Å². The van der Waals surface area contributed by atoms with E-state index in [4.69, 9.17) is 44.7 Å². The number of hydrogen-bond acceptors (Lipinski definition) is 13. The second kappa shape index (κ2) is 42.9. The van der Waals surface area contributed by atoms with E-state index in [2.05, 4.69) is 364 Å². The van der Waals surface area contributed by atoms with Crippen LogP contribution in [0.5, 0.6) is 0 Å². The number of benzene rings is 6. The molecule has 4 fully saturated rings. The van der Waals surface area contributed by atoms with Crippen LogP contribution in [0, 0.1) is 11.8 Å². The molecule has 135 heavy (non-hydrogen) atoms. The Labute approximate surface area is 809 Å². The molecule has 4 aliphatic carbocycles. The van der Waals surface area contributed by atoms with Crippen molar-refractivity contribution in [2.24, 2.45) is 28.5 Å². The van der Waals surface area contributed by atoms with Gasteiger partial charge in [-0.3, -0.25) is 24.9 Å². The van der Waals surface area contributed by atoms with Crippen molar-refractivity contribution in [2.75, 3.05) is 0 Å². The average Bonchev–Trinajstić information content (AvgIpc) is 1.74. The molecule has 0 saturated heterocycles. The highest BCUT2D eigenvalue weighted by molar-refractivity contribution is 6.83. The Morgan fingerprint density at radius 2 is 0.763 bits per heavy atom. The number of fused-ring (bicyclic) bond motifs is 8. The fourth-order valence-electron chi connectivity index (χ4n) is 25.1. The molecule has 5 unspecified atom stereocenters. The second-order valence-electron chi connectivity index (χ2n) is 40.7. The minimum absolute atomic E-state index is 0.151. The van der Waals surface area contributed by atoms with Gasteiger partial charge in [-0.1, -0.05) is 288 Å². The van der Waals surface area contributed by atoms with Crippen molar-refractivity contribution in [1.82, 2.24) is 73.5 Å². The molecule has 0 amide bonds. The molecule has 4 aliphatic rings. The van der Waals surface area contributed by atoms with E-state index in [1.807, 2.05) is 37.1 Å². The number of aliphatic hydroxyl groups excluding tert-OH is 1. The molecule has 704 valence electrons. The van der Waals surface area contributed by atoms with Crippen LogP contribution in [0.25, 0.3) is 65.9 Å². The standard InChI is InChI=1S/C36H48ClN5Si.C36H48ClN3OSi.C27H27N5.C13H15N5/c1-25(2)43(26(3)4,27(5)6)42-20-19-32-34(33(37)22-39-36(32)42)35(40-38)30-17-18-31(21-30)41(23-28-13-9-7-10-14-28)24-29-15-11-8-12-16-29;1-25(2)42(26(3)4,27(5)6)40-20-19-32-34(33(37)22-38-36(32)40)35(41)30-17-18-31(21-30)39(23-28-13-9-7-10-14-28)24-29-15-11-8-12-16-29;1-3-7-19(8-4-1)17-32(18-20-9-5-2-6-10-20)22-12-11-21(15-22)26-25-23-13-14-28-27(23)29-16-24(25)30-31-26;14-8-2-1-7(5-8)12-11-9-3-4-15-13(9)16-6-10(11)17-18-12/h7-16,19-20,22,25-27,30-31H,17-18,21,23-24,38H2,1-6H3;7-16,19-20,22,25-27,30-31,35,41H,17-18,21,23-24H2,1-6H3;1-10,13-14,16,21-22,30-31H,11-12,15,17-18H2;3-4,6-8,17-18H,1-2,5,14H2/t30?,31-;30?,31-,35?;21?,22-;7?,8-/m1111/s1. The molecule has 0 aliphatic heterocycles. The van der Waals surface area contributed by atoms with Crippen LogP contribution in [0.1, 0.15) is 234 Å². The zero-order valence-electron chi connectivity index (χ0n) is 80.9. The van der Waals surface area contributed by atoms with Gasteiger partial charge in [0.25, 0.3) is 0 Å². The van der Waals surface area contributed by atoms with Crippen LogP contribution in [0.15, 0.2) is 261 Å². The monoisotopic (exact) mass is 1880 g/mol. The maximum atomic E-state index is 12.0. The smallest absolute Gasteiger partial charge is 0.171 e. The lowest BCUT2D eigenvalue weighted by Gasteiger charge is -2.44. The van der Waals surface area contributed by atoms with Crippen molar-refractivity contribution in [3.05, 3.63) is 322 Å². The van der Waals surface area contributed by atoms with Crippen molar-refractivity contribution < 1.29 is 5.11 Å². The van der Waals surface area contributed by atoms with Gasteiger partial charge >= 0.3 is 0 Å². The number of H-pyrrole nitrogens is 4. The Hall–Kier alpha value is -10.7. The number of hydrogen-bond donors (Lipinski definition) is 7.